The second-order valence-electron chi connectivity index (χ2n) is 5.21. The minimum absolute atomic E-state index is 0.0414. The number of carbonyl (C=O) groups is 3. The number of nitrogens with zero attached hydrogens (tertiary/aromatic N) is 1. The molecule has 2 aromatic rings. The van der Waals surface area contributed by atoms with Crippen LogP contribution in [-0.2, 0) is 9.53 Å². The van der Waals surface area contributed by atoms with Gasteiger partial charge in [0.1, 0.15) is 5.75 Å². The number of methoxy groups -OCH3 is 1. The SMILES string of the molecule is COc1ccc(C(=O)NC(=O)COC(=O)c2cc([N+](=O)[O-])ccc2N)cc1. The number of nitrogen functional groups attached to an aromatic ring is 1. The van der Waals surface area contributed by atoms with Crippen molar-refractivity contribution < 1.29 is 28.8 Å². The van der Waals surface area contributed by atoms with Crippen LogP contribution in [0.1, 0.15) is 20.7 Å². The molecule has 0 heterocycles. The third-order valence-corrected chi connectivity index (χ3v) is 3.41. The first kappa shape index (κ1) is 19.4. The van der Waals surface area contributed by atoms with Crippen LogP contribution in [0.15, 0.2) is 42.5 Å². The van der Waals surface area contributed by atoms with E-state index < -0.39 is 29.3 Å². The van der Waals surface area contributed by atoms with Crippen molar-refractivity contribution in [3.05, 3.63) is 63.7 Å². The van der Waals surface area contributed by atoms with Crippen LogP contribution in [-0.4, -0.2) is 36.4 Å². The van der Waals surface area contributed by atoms with Crippen molar-refractivity contribution in [1.29, 1.82) is 0 Å². The van der Waals surface area contributed by atoms with E-state index in [1.54, 1.807) is 12.1 Å². The first-order valence-electron chi connectivity index (χ1n) is 7.51. The number of nitro benzene ring substituents is 1. The van der Waals surface area contributed by atoms with E-state index in [1.165, 1.54) is 25.3 Å². The molecule has 0 bridgehead atoms. The second-order valence-corrected chi connectivity index (χ2v) is 5.21. The number of nitrogens with one attached hydrogen (secondary N) is 1. The van der Waals surface area contributed by atoms with E-state index >= 15 is 0 Å². The molecule has 2 aromatic carbocycles. The summed E-state index contributed by atoms with van der Waals surface area (Å²) in [5.74, 6) is -2.04. The first-order valence-corrected chi connectivity index (χ1v) is 7.51. The van der Waals surface area contributed by atoms with E-state index in [1.807, 2.05) is 5.32 Å². The second kappa shape index (κ2) is 8.43. The zero-order valence-electron chi connectivity index (χ0n) is 14.1. The Hall–Kier alpha value is -3.95. The highest BCUT2D eigenvalue weighted by molar-refractivity contribution is 6.05. The molecule has 2 amide bonds. The van der Waals surface area contributed by atoms with Crippen LogP contribution in [0.3, 0.4) is 0 Å². The van der Waals surface area contributed by atoms with Gasteiger partial charge < -0.3 is 15.2 Å². The molecule has 0 aliphatic heterocycles. The van der Waals surface area contributed by atoms with Gasteiger partial charge in [-0.15, -0.1) is 0 Å². The van der Waals surface area contributed by atoms with Crippen molar-refractivity contribution in [3.63, 3.8) is 0 Å². The molecule has 140 valence electrons. The number of ether oxygens (including phenoxy) is 2. The van der Waals surface area contributed by atoms with Gasteiger partial charge in [0.05, 0.1) is 17.6 Å². The molecule has 0 spiro atoms. The summed E-state index contributed by atoms with van der Waals surface area (Å²) in [4.78, 5) is 45.7. The average Bonchev–Trinajstić information content (AvgIpc) is 2.66. The highest BCUT2D eigenvalue weighted by Gasteiger charge is 2.18. The summed E-state index contributed by atoms with van der Waals surface area (Å²) >= 11 is 0. The smallest absolute Gasteiger partial charge is 0.341 e. The Labute approximate surface area is 153 Å². The van der Waals surface area contributed by atoms with E-state index in [-0.39, 0.29) is 22.5 Å². The van der Waals surface area contributed by atoms with Gasteiger partial charge in [-0.3, -0.25) is 25.0 Å². The van der Waals surface area contributed by atoms with Crippen molar-refractivity contribution in [3.8, 4) is 5.75 Å². The fourth-order valence-corrected chi connectivity index (χ4v) is 2.02. The Morgan fingerprint density at radius 1 is 1.15 bits per heavy atom. The van der Waals surface area contributed by atoms with Gasteiger partial charge in [-0.05, 0) is 30.3 Å². The minimum Gasteiger partial charge on any atom is -0.497 e. The fraction of sp³-hybridized carbons (Fsp3) is 0.118. The maximum absolute atomic E-state index is 12.0. The number of hydrogen-bond acceptors (Lipinski definition) is 8. The van der Waals surface area contributed by atoms with Crippen LogP contribution in [0, 0.1) is 10.1 Å². The fourth-order valence-electron chi connectivity index (χ4n) is 2.02. The molecular formula is C17H15N3O7. The third kappa shape index (κ3) is 5.01. The van der Waals surface area contributed by atoms with Crippen LogP contribution in [0.2, 0.25) is 0 Å². The third-order valence-electron chi connectivity index (χ3n) is 3.41. The lowest BCUT2D eigenvalue weighted by Gasteiger charge is -2.08. The summed E-state index contributed by atoms with van der Waals surface area (Å²) in [7, 11) is 1.47. The van der Waals surface area contributed by atoms with E-state index in [0.717, 1.165) is 12.1 Å². The van der Waals surface area contributed by atoms with E-state index in [9.17, 15) is 24.5 Å². The molecule has 0 saturated carbocycles. The van der Waals surface area contributed by atoms with E-state index in [0.29, 0.717) is 5.75 Å². The lowest BCUT2D eigenvalue weighted by Crippen LogP contribution is -2.34. The maximum Gasteiger partial charge on any atom is 0.341 e. The molecule has 0 unspecified atom stereocenters. The Bertz CT molecular complexity index is 894. The number of hydrogen-bond donors (Lipinski definition) is 2. The molecule has 2 rings (SSSR count). The predicted octanol–water partition coefficient (Wildman–Crippen LogP) is 1.30. The number of nitro groups is 1. The molecule has 0 aliphatic carbocycles. The van der Waals surface area contributed by atoms with Crippen LogP contribution >= 0.6 is 0 Å². The van der Waals surface area contributed by atoms with Crippen LogP contribution in [0.5, 0.6) is 5.75 Å². The quantitative estimate of drug-likeness (QED) is 0.333. The summed E-state index contributed by atoms with van der Waals surface area (Å²) in [6, 6.07) is 9.26. The number of benzene rings is 2. The number of esters is 1. The van der Waals surface area contributed by atoms with Crippen molar-refractivity contribution in [2.24, 2.45) is 0 Å². The van der Waals surface area contributed by atoms with Gasteiger partial charge in [-0.1, -0.05) is 0 Å². The average molecular weight is 373 g/mol. The molecule has 0 radical (unpaired) electrons. The van der Waals surface area contributed by atoms with Crippen LogP contribution < -0.4 is 15.8 Å². The monoisotopic (exact) mass is 373 g/mol. The number of rotatable bonds is 6. The first-order chi connectivity index (χ1) is 12.8. The van der Waals surface area contributed by atoms with Gasteiger partial charge in [0.25, 0.3) is 17.5 Å². The maximum atomic E-state index is 12.0. The van der Waals surface area contributed by atoms with Gasteiger partial charge in [-0.2, -0.15) is 0 Å². The van der Waals surface area contributed by atoms with Crippen LogP contribution in [0.25, 0.3) is 0 Å². The number of nitrogens with two attached hydrogens (primary N) is 1. The number of anilines is 1. The molecule has 10 heteroatoms. The van der Waals surface area contributed by atoms with Crippen molar-refractivity contribution in [1.82, 2.24) is 5.32 Å². The minimum atomic E-state index is -1.02. The van der Waals surface area contributed by atoms with Crippen LogP contribution in [0.4, 0.5) is 11.4 Å². The van der Waals surface area contributed by atoms with E-state index in [2.05, 4.69) is 0 Å². The lowest BCUT2D eigenvalue weighted by atomic mass is 10.1. The Morgan fingerprint density at radius 3 is 2.41 bits per heavy atom. The summed E-state index contributed by atoms with van der Waals surface area (Å²) in [6.07, 6.45) is 0. The highest BCUT2D eigenvalue weighted by atomic mass is 16.6. The van der Waals surface area contributed by atoms with Gasteiger partial charge in [-0.25, -0.2) is 4.79 Å². The predicted molar refractivity (Wildman–Crippen MR) is 93.3 cm³/mol. The number of carbonyl (C=O) groups excluding carboxylic acids is 3. The Kier molecular flexibility index (Phi) is 6.05. The zero-order chi connectivity index (χ0) is 20.0. The topological polar surface area (TPSA) is 151 Å². The summed E-state index contributed by atoms with van der Waals surface area (Å²) in [5.41, 5.74) is 5.15. The molecule has 0 fully saturated rings. The van der Waals surface area contributed by atoms with Gasteiger partial charge in [0.2, 0.25) is 0 Å². The van der Waals surface area contributed by atoms with E-state index in [4.69, 9.17) is 15.2 Å². The standard InChI is InChI=1S/C17H15N3O7/c1-26-12-5-2-10(3-6-12)16(22)19-15(21)9-27-17(23)13-8-11(20(24)25)4-7-14(13)18/h2-8H,9,18H2,1H3,(H,19,21,22). The van der Waals surface area contributed by atoms with Crippen molar-refractivity contribution >= 4 is 29.2 Å². The molecule has 0 atom stereocenters. The molecule has 3 N–H and O–H groups in total. The van der Waals surface area contributed by atoms with Crippen molar-refractivity contribution in [2.75, 3.05) is 19.5 Å². The van der Waals surface area contributed by atoms with Gasteiger partial charge in [0, 0.05) is 23.4 Å². The highest BCUT2D eigenvalue weighted by Crippen LogP contribution is 2.20. The molecule has 10 nitrogen and oxygen atoms in total. The summed E-state index contributed by atoms with van der Waals surface area (Å²) < 4.78 is 9.71. The molecule has 0 saturated heterocycles. The number of amides is 2. The molecular weight excluding hydrogens is 358 g/mol. The molecule has 0 aromatic heterocycles. The van der Waals surface area contributed by atoms with Crippen molar-refractivity contribution in [2.45, 2.75) is 0 Å². The Balaban J connectivity index is 1.94. The van der Waals surface area contributed by atoms with Gasteiger partial charge in [0.15, 0.2) is 6.61 Å². The molecule has 0 aliphatic rings. The molecule has 27 heavy (non-hydrogen) atoms. The largest absolute Gasteiger partial charge is 0.497 e. The summed E-state index contributed by atoms with van der Waals surface area (Å²) in [5, 5.41) is 12.8. The normalized spacial score (nSPS) is 9.96. The Morgan fingerprint density at radius 2 is 1.81 bits per heavy atom. The number of imide groups is 1. The lowest BCUT2D eigenvalue weighted by molar-refractivity contribution is -0.384. The number of non-ortho nitro benzene ring substituents is 1. The summed E-state index contributed by atoms with van der Waals surface area (Å²) in [6.45, 7) is -0.761. The van der Waals surface area contributed by atoms with Gasteiger partial charge >= 0.3 is 5.97 Å². The zero-order valence-corrected chi connectivity index (χ0v) is 14.1.